The molecular weight excluding hydrogens is 248 g/mol. The van der Waals surface area contributed by atoms with Gasteiger partial charge in [-0.2, -0.15) is 0 Å². The van der Waals surface area contributed by atoms with Gasteiger partial charge in [0.2, 0.25) is 0 Å². The molecule has 1 N–H and O–H groups in total. The quantitative estimate of drug-likeness (QED) is 0.700. The number of hydrogen-bond acceptors (Lipinski definition) is 5. The van der Waals surface area contributed by atoms with Crippen molar-refractivity contribution in [1.82, 2.24) is 10.3 Å². The summed E-state index contributed by atoms with van der Waals surface area (Å²) in [6.07, 6.45) is 3.67. The van der Waals surface area contributed by atoms with Crippen LogP contribution in [-0.2, 0) is 29.2 Å². The molecule has 102 valence electrons. The maximum Gasteiger partial charge on any atom is 0.119 e. The molecule has 1 aromatic heterocycles. The molecule has 18 heavy (non-hydrogen) atoms. The Kier molecular flexibility index (Phi) is 5.56. The third-order valence-corrected chi connectivity index (χ3v) is 3.88. The van der Waals surface area contributed by atoms with Crippen LogP contribution in [0.1, 0.15) is 41.8 Å². The van der Waals surface area contributed by atoms with E-state index in [1.165, 1.54) is 17.7 Å². The van der Waals surface area contributed by atoms with E-state index in [0.29, 0.717) is 13.2 Å². The molecule has 0 saturated heterocycles. The third kappa shape index (κ3) is 4.31. The monoisotopic (exact) mass is 270 g/mol. The minimum atomic E-state index is 0.589. The maximum atomic E-state index is 5.54. The van der Waals surface area contributed by atoms with Crippen LogP contribution >= 0.6 is 11.3 Å². The van der Waals surface area contributed by atoms with Gasteiger partial charge < -0.3 is 14.8 Å². The lowest BCUT2D eigenvalue weighted by Gasteiger charge is -2.02. The van der Waals surface area contributed by atoms with Crippen molar-refractivity contribution >= 4 is 11.3 Å². The van der Waals surface area contributed by atoms with Crippen molar-refractivity contribution in [3.05, 3.63) is 15.6 Å². The molecule has 1 saturated carbocycles. The minimum Gasteiger partial charge on any atom is -0.378 e. The Bertz CT molecular complexity index is 364. The molecule has 1 aliphatic rings. The number of aromatic nitrogens is 1. The van der Waals surface area contributed by atoms with Gasteiger partial charge in [-0.05, 0) is 19.3 Å². The summed E-state index contributed by atoms with van der Waals surface area (Å²) in [6, 6.07) is 0.724. The molecule has 0 radical (unpaired) electrons. The number of thiazole rings is 1. The zero-order valence-electron chi connectivity index (χ0n) is 11.2. The van der Waals surface area contributed by atoms with Crippen LogP contribution in [-0.4, -0.2) is 24.7 Å². The number of hydrogen-bond donors (Lipinski definition) is 1. The van der Waals surface area contributed by atoms with Crippen LogP contribution in [0.3, 0.4) is 0 Å². The number of methoxy groups -OCH3 is 1. The molecule has 1 fully saturated rings. The lowest BCUT2D eigenvalue weighted by atomic mass is 10.3. The van der Waals surface area contributed by atoms with Gasteiger partial charge in [0.25, 0.3) is 0 Å². The van der Waals surface area contributed by atoms with Crippen molar-refractivity contribution in [2.75, 3.05) is 13.7 Å². The molecule has 0 unspecified atom stereocenters. The molecule has 0 amide bonds. The van der Waals surface area contributed by atoms with Gasteiger partial charge in [-0.1, -0.05) is 6.92 Å². The highest BCUT2D eigenvalue weighted by molar-refractivity contribution is 7.11. The fraction of sp³-hybridized carbons (Fsp3) is 0.769. The summed E-state index contributed by atoms with van der Waals surface area (Å²) in [6.45, 7) is 5.04. The second kappa shape index (κ2) is 7.19. The van der Waals surface area contributed by atoms with Gasteiger partial charge in [-0.15, -0.1) is 11.3 Å². The Morgan fingerprint density at radius 2 is 2.22 bits per heavy atom. The van der Waals surface area contributed by atoms with E-state index in [0.717, 1.165) is 36.3 Å². The highest BCUT2D eigenvalue weighted by Gasteiger charge is 2.21. The fourth-order valence-corrected chi connectivity index (χ4v) is 2.67. The molecule has 0 aliphatic heterocycles. The van der Waals surface area contributed by atoms with E-state index < -0.39 is 0 Å². The van der Waals surface area contributed by atoms with E-state index in [2.05, 4.69) is 17.2 Å². The highest BCUT2D eigenvalue weighted by atomic mass is 32.1. The molecular formula is C13H22N2O2S. The first-order chi connectivity index (χ1) is 8.83. The van der Waals surface area contributed by atoms with Crippen molar-refractivity contribution in [3.63, 3.8) is 0 Å². The average Bonchev–Trinajstić information content (AvgIpc) is 3.11. The van der Waals surface area contributed by atoms with E-state index in [-0.39, 0.29) is 0 Å². The summed E-state index contributed by atoms with van der Waals surface area (Å²) >= 11 is 1.74. The predicted octanol–water partition coefficient (Wildman–Crippen LogP) is 2.47. The van der Waals surface area contributed by atoms with Crippen LogP contribution < -0.4 is 5.32 Å². The lowest BCUT2D eigenvalue weighted by Crippen LogP contribution is -2.15. The van der Waals surface area contributed by atoms with Gasteiger partial charge >= 0.3 is 0 Å². The summed E-state index contributed by atoms with van der Waals surface area (Å²) in [7, 11) is 1.71. The van der Waals surface area contributed by atoms with Gasteiger partial charge in [-0.25, -0.2) is 4.98 Å². The van der Waals surface area contributed by atoms with Gasteiger partial charge in [0, 0.05) is 31.2 Å². The molecule has 0 spiro atoms. The lowest BCUT2D eigenvalue weighted by molar-refractivity contribution is 0.120. The molecule has 0 aromatic carbocycles. The zero-order valence-corrected chi connectivity index (χ0v) is 12.0. The Balaban J connectivity index is 1.90. The summed E-state index contributed by atoms with van der Waals surface area (Å²) in [4.78, 5) is 5.89. The van der Waals surface area contributed by atoms with Crippen molar-refractivity contribution in [3.8, 4) is 0 Å². The Morgan fingerprint density at radius 1 is 1.39 bits per heavy atom. The predicted molar refractivity (Wildman–Crippen MR) is 72.6 cm³/mol. The van der Waals surface area contributed by atoms with Crippen molar-refractivity contribution in [1.29, 1.82) is 0 Å². The Hall–Kier alpha value is -0.490. The summed E-state index contributed by atoms with van der Waals surface area (Å²) in [5.74, 6) is 0. The normalized spacial score (nSPS) is 15.2. The molecule has 2 rings (SSSR count). The molecule has 1 aliphatic carbocycles. The molecule has 0 atom stereocenters. The SMILES string of the molecule is CCCOCc1nc(COC)c(CNC2CC2)s1. The first-order valence-corrected chi connectivity index (χ1v) is 7.42. The maximum absolute atomic E-state index is 5.54. The number of rotatable bonds is 9. The molecule has 0 bridgehead atoms. The third-order valence-electron chi connectivity index (χ3n) is 2.81. The topological polar surface area (TPSA) is 43.4 Å². The zero-order chi connectivity index (χ0) is 12.8. The van der Waals surface area contributed by atoms with E-state index >= 15 is 0 Å². The van der Waals surface area contributed by atoms with Crippen LogP contribution in [0.5, 0.6) is 0 Å². The van der Waals surface area contributed by atoms with Crippen molar-refractivity contribution in [2.24, 2.45) is 0 Å². The van der Waals surface area contributed by atoms with E-state index in [4.69, 9.17) is 9.47 Å². The fourth-order valence-electron chi connectivity index (χ4n) is 1.71. The number of nitrogens with one attached hydrogen (secondary N) is 1. The molecule has 1 heterocycles. The molecule has 4 nitrogen and oxygen atoms in total. The van der Waals surface area contributed by atoms with Crippen LogP contribution in [0, 0.1) is 0 Å². The van der Waals surface area contributed by atoms with Crippen LogP contribution in [0.2, 0.25) is 0 Å². The summed E-state index contributed by atoms with van der Waals surface area (Å²) < 4.78 is 10.7. The second-order valence-corrected chi connectivity index (χ2v) is 5.79. The number of nitrogens with zero attached hydrogens (tertiary/aromatic N) is 1. The smallest absolute Gasteiger partial charge is 0.119 e. The van der Waals surface area contributed by atoms with Gasteiger partial charge in [-0.3, -0.25) is 0 Å². The van der Waals surface area contributed by atoms with Crippen LogP contribution in [0.25, 0.3) is 0 Å². The second-order valence-electron chi connectivity index (χ2n) is 4.62. The first kappa shape index (κ1) is 13.9. The van der Waals surface area contributed by atoms with E-state index in [1.807, 2.05) is 0 Å². The molecule has 5 heteroatoms. The largest absolute Gasteiger partial charge is 0.378 e. The Morgan fingerprint density at radius 3 is 2.89 bits per heavy atom. The van der Waals surface area contributed by atoms with Crippen LogP contribution in [0.4, 0.5) is 0 Å². The standard InChI is InChI=1S/C13H22N2O2S/c1-3-6-17-9-13-15-11(8-16-2)12(18-13)7-14-10-4-5-10/h10,14H,3-9H2,1-2H3. The van der Waals surface area contributed by atoms with E-state index in [1.54, 1.807) is 18.4 Å². The van der Waals surface area contributed by atoms with Crippen LogP contribution in [0.15, 0.2) is 0 Å². The first-order valence-electron chi connectivity index (χ1n) is 6.61. The minimum absolute atomic E-state index is 0.589. The number of ether oxygens (including phenoxy) is 2. The van der Waals surface area contributed by atoms with Gasteiger partial charge in [0.05, 0.1) is 18.9 Å². The molecule has 1 aromatic rings. The summed E-state index contributed by atoms with van der Waals surface area (Å²) in [5.41, 5.74) is 1.06. The summed E-state index contributed by atoms with van der Waals surface area (Å²) in [5, 5.41) is 4.58. The van der Waals surface area contributed by atoms with Gasteiger partial charge in [0.15, 0.2) is 0 Å². The van der Waals surface area contributed by atoms with Crippen molar-refractivity contribution < 1.29 is 9.47 Å². The van der Waals surface area contributed by atoms with Gasteiger partial charge in [0.1, 0.15) is 5.01 Å². The van der Waals surface area contributed by atoms with E-state index in [9.17, 15) is 0 Å². The average molecular weight is 270 g/mol. The van der Waals surface area contributed by atoms with Crippen molar-refractivity contribution in [2.45, 2.75) is 52.0 Å². The Labute approximate surface area is 113 Å². The highest BCUT2D eigenvalue weighted by Crippen LogP contribution is 2.23.